The Morgan fingerprint density at radius 1 is 0.781 bits per heavy atom. The topological polar surface area (TPSA) is 49.8 Å². The standard InChI is InChI=1S/C28H23NO3/c1-32-25-17-18-26(28(31)20-25)27(30)19-14-21-12-15-24(16-13-21)29(22-8-4-2-5-9-22)23-10-6-3-7-11-23/h2-20,31H,1H3/b19-14+. The molecule has 0 radical (unpaired) electrons. The first-order valence-electron chi connectivity index (χ1n) is 10.3. The van der Waals surface area contributed by atoms with Crippen LogP contribution in [0, 0.1) is 0 Å². The highest BCUT2D eigenvalue weighted by molar-refractivity contribution is 6.08. The molecule has 0 spiro atoms. The Balaban J connectivity index is 1.57. The molecule has 0 unspecified atom stereocenters. The number of hydrogen-bond donors (Lipinski definition) is 1. The molecule has 158 valence electrons. The Labute approximate surface area is 187 Å². The number of phenols is 1. The first-order valence-corrected chi connectivity index (χ1v) is 10.3. The van der Waals surface area contributed by atoms with Crippen molar-refractivity contribution >= 4 is 28.9 Å². The number of carbonyl (C=O) groups is 1. The summed E-state index contributed by atoms with van der Waals surface area (Å²) in [4.78, 5) is 14.7. The van der Waals surface area contributed by atoms with Crippen molar-refractivity contribution in [2.45, 2.75) is 0 Å². The van der Waals surface area contributed by atoms with Crippen LogP contribution in [-0.2, 0) is 0 Å². The molecule has 0 amide bonds. The van der Waals surface area contributed by atoms with Crippen LogP contribution in [0.4, 0.5) is 17.1 Å². The van der Waals surface area contributed by atoms with E-state index >= 15 is 0 Å². The third kappa shape index (κ3) is 4.71. The molecular formula is C28H23NO3. The minimum atomic E-state index is -0.274. The fraction of sp³-hybridized carbons (Fsp3) is 0.0357. The Bertz CT molecular complexity index is 1180. The van der Waals surface area contributed by atoms with Crippen molar-refractivity contribution in [3.05, 3.63) is 120 Å². The summed E-state index contributed by atoms with van der Waals surface area (Å²) in [6.45, 7) is 0. The summed E-state index contributed by atoms with van der Waals surface area (Å²) in [6.07, 6.45) is 3.20. The second kappa shape index (κ2) is 9.67. The lowest BCUT2D eigenvalue weighted by atomic mass is 10.1. The number of anilines is 3. The molecule has 32 heavy (non-hydrogen) atoms. The fourth-order valence-electron chi connectivity index (χ4n) is 3.44. The lowest BCUT2D eigenvalue weighted by Gasteiger charge is -2.25. The molecule has 0 saturated heterocycles. The maximum Gasteiger partial charge on any atom is 0.189 e. The summed E-state index contributed by atoms with van der Waals surface area (Å²) < 4.78 is 5.06. The normalized spacial score (nSPS) is 10.8. The van der Waals surface area contributed by atoms with Crippen LogP contribution in [0.15, 0.2) is 109 Å². The summed E-state index contributed by atoms with van der Waals surface area (Å²) in [7, 11) is 1.51. The smallest absolute Gasteiger partial charge is 0.189 e. The van der Waals surface area contributed by atoms with E-state index in [0.717, 1.165) is 22.6 Å². The van der Waals surface area contributed by atoms with Gasteiger partial charge < -0.3 is 14.7 Å². The number of carbonyl (C=O) groups excluding carboxylic acids is 1. The number of hydrogen-bond acceptors (Lipinski definition) is 4. The minimum Gasteiger partial charge on any atom is -0.507 e. The largest absolute Gasteiger partial charge is 0.507 e. The van der Waals surface area contributed by atoms with Gasteiger partial charge in [0.1, 0.15) is 11.5 Å². The van der Waals surface area contributed by atoms with Crippen molar-refractivity contribution in [3.8, 4) is 11.5 Å². The lowest BCUT2D eigenvalue weighted by Crippen LogP contribution is -2.09. The average molecular weight is 421 g/mol. The zero-order chi connectivity index (χ0) is 22.3. The van der Waals surface area contributed by atoms with E-state index in [2.05, 4.69) is 29.2 Å². The number of ketones is 1. The summed E-state index contributed by atoms with van der Waals surface area (Å²) in [5.74, 6) is 0.125. The maximum absolute atomic E-state index is 12.5. The number of para-hydroxylation sites is 2. The van der Waals surface area contributed by atoms with Gasteiger partial charge in [-0.15, -0.1) is 0 Å². The number of phenolic OH excluding ortho intramolecular Hbond substituents is 1. The molecular weight excluding hydrogens is 398 g/mol. The first kappa shape index (κ1) is 20.9. The number of nitrogens with zero attached hydrogens (tertiary/aromatic N) is 1. The molecule has 0 aliphatic carbocycles. The zero-order valence-electron chi connectivity index (χ0n) is 17.7. The molecule has 1 N–H and O–H groups in total. The van der Waals surface area contributed by atoms with Crippen LogP contribution in [0.3, 0.4) is 0 Å². The third-order valence-electron chi connectivity index (χ3n) is 5.08. The van der Waals surface area contributed by atoms with Gasteiger partial charge in [-0.3, -0.25) is 4.79 Å². The molecule has 4 heteroatoms. The highest BCUT2D eigenvalue weighted by Gasteiger charge is 2.12. The molecule has 4 nitrogen and oxygen atoms in total. The van der Waals surface area contributed by atoms with Crippen molar-refractivity contribution in [1.82, 2.24) is 0 Å². The number of rotatable bonds is 7. The van der Waals surface area contributed by atoms with Crippen LogP contribution in [0.25, 0.3) is 6.08 Å². The summed E-state index contributed by atoms with van der Waals surface area (Å²) in [6, 6.07) is 33.0. The van der Waals surface area contributed by atoms with Crippen LogP contribution in [0.5, 0.6) is 11.5 Å². The summed E-state index contributed by atoms with van der Waals surface area (Å²) in [5, 5.41) is 10.1. The van der Waals surface area contributed by atoms with Gasteiger partial charge in [-0.05, 0) is 60.2 Å². The van der Waals surface area contributed by atoms with Gasteiger partial charge in [0.05, 0.1) is 12.7 Å². The van der Waals surface area contributed by atoms with Crippen molar-refractivity contribution in [2.75, 3.05) is 12.0 Å². The van der Waals surface area contributed by atoms with Gasteiger partial charge in [-0.2, -0.15) is 0 Å². The van der Waals surface area contributed by atoms with Crippen molar-refractivity contribution in [3.63, 3.8) is 0 Å². The van der Waals surface area contributed by atoms with Crippen molar-refractivity contribution < 1.29 is 14.6 Å². The van der Waals surface area contributed by atoms with Crippen LogP contribution in [0.1, 0.15) is 15.9 Å². The molecule has 0 fully saturated rings. The molecule has 0 aliphatic heterocycles. The minimum absolute atomic E-state index is 0.101. The predicted molar refractivity (Wildman–Crippen MR) is 129 cm³/mol. The lowest BCUT2D eigenvalue weighted by molar-refractivity contribution is 0.104. The van der Waals surface area contributed by atoms with Gasteiger partial charge in [0.15, 0.2) is 5.78 Å². The molecule has 0 aromatic heterocycles. The Kier molecular flexibility index (Phi) is 6.33. The van der Waals surface area contributed by atoms with E-state index in [1.165, 1.54) is 19.3 Å². The predicted octanol–water partition coefficient (Wildman–Crippen LogP) is 6.77. The van der Waals surface area contributed by atoms with Crippen LogP contribution in [0.2, 0.25) is 0 Å². The number of aromatic hydroxyl groups is 1. The second-order valence-corrected chi connectivity index (χ2v) is 7.18. The number of ether oxygens (including phenoxy) is 1. The molecule has 4 rings (SSSR count). The SMILES string of the molecule is COc1ccc(C(=O)/C=C/c2ccc(N(c3ccccc3)c3ccccc3)cc2)c(O)c1. The number of allylic oxidation sites excluding steroid dienone is 1. The molecule has 0 heterocycles. The van der Waals surface area contributed by atoms with E-state index in [0.29, 0.717) is 5.75 Å². The van der Waals surface area contributed by atoms with E-state index in [-0.39, 0.29) is 17.1 Å². The molecule has 4 aromatic rings. The van der Waals surface area contributed by atoms with Gasteiger partial charge in [-0.1, -0.05) is 54.6 Å². The zero-order valence-corrected chi connectivity index (χ0v) is 17.7. The summed E-state index contributed by atoms with van der Waals surface area (Å²) in [5.41, 5.74) is 4.26. The quantitative estimate of drug-likeness (QED) is 0.264. The van der Waals surface area contributed by atoms with E-state index in [1.54, 1.807) is 18.2 Å². The van der Waals surface area contributed by atoms with Gasteiger partial charge in [-0.25, -0.2) is 0 Å². The number of benzene rings is 4. The van der Waals surface area contributed by atoms with Crippen LogP contribution < -0.4 is 9.64 Å². The monoisotopic (exact) mass is 421 g/mol. The summed E-state index contributed by atoms with van der Waals surface area (Å²) >= 11 is 0. The Hall–Kier alpha value is -4.31. The second-order valence-electron chi connectivity index (χ2n) is 7.18. The molecule has 0 atom stereocenters. The van der Waals surface area contributed by atoms with Gasteiger partial charge in [0.2, 0.25) is 0 Å². The van der Waals surface area contributed by atoms with E-state index in [1.807, 2.05) is 60.7 Å². The fourth-order valence-corrected chi connectivity index (χ4v) is 3.44. The average Bonchev–Trinajstić information content (AvgIpc) is 2.85. The van der Waals surface area contributed by atoms with Crippen LogP contribution >= 0.6 is 0 Å². The van der Waals surface area contributed by atoms with Crippen molar-refractivity contribution in [2.24, 2.45) is 0 Å². The Morgan fingerprint density at radius 3 is 1.88 bits per heavy atom. The first-order chi connectivity index (χ1) is 15.7. The van der Waals surface area contributed by atoms with E-state index in [9.17, 15) is 9.90 Å². The molecule has 0 aliphatic rings. The highest BCUT2D eigenvalue weighted by atomic mass is 16.5. The maximum atomic E-state index is 12.5. The van der Waals surface area contributed by atoms with Crippen molar-refractivity contribution in [1.29, 1.82) is 0 Å². The van der Waals surface area contributed by atoms with Gasteiger partial charge >= 0.3 is 0 Å². The highest BCUT2D eigenvalue weighted by Crippen LogP contribution is 2.34. The van der Waals surface area contributed by atoms with E-state index < -0.39 is 0 Å². The van der Waals surface area contributed by atoms with Crippen LogP contribution in [-0.4, -0.2) is 18.0 Å². The van der Waals surface area contributed by atoms with Gasteiger partial charge in [0.25, 0.3) is 0 Å². The molecule has 4 aromatic carbocycles. The molecule has 0 bridgehead atoms. The molecule has 0 saturated carbocycles. The van der Waals surface area contributed by atoms with Gasteiger partial charge in [0, 0.05) is 23.1 Å². The number of methoxy groups -OCH3 is 1. The van der Waals surface area contributed by atoms with E-state index in [4.69, 9.17) is 4.74 Å². The Morgan fingerprint density at radius 2 is 1.34 bits per heavy atom. The third-order valence-corrected chi connectivity index (χ3v) is 5.08.